The van der Waals surface area contributed by atoms with Crippen LogP contribution in [0.1, 0.15) is 10.4 Å². The topological polar surface area (TPSA) is 20.3 Å². The molecule has 64 valence electrons. The van der Waals surface area contributed by atoms with E-state index in [0.29, 0.717) is 0 Å². The van der Waals surface area contributed by atoms with Gasteiger partial charge in [-0.1, -0.05) is 0 Å². The molecule has 0 N–H and O–H groups in total. The average molecular weight is 275 g/mol. The fourth-order valence-corrected chi connectivity index (χ4v) is 1.54. The van der Waals surface area contributed by atoms with Gasteiger partial charge in [0, 0.05) is 28.9 Å². The Bertz CT molecular complexity index is 297. The minimum absolute atomic E-state index is 0.743. The lowest BCUT2D eigenvalue weighted by Crippen LogP contribution is -2.11. The molecule has 0 radical (unpaired) electrons. The Labute approximate surface area is 85.7 Å². The Balaban J connectivity index is 3.20. The molecule has 1 rings (SSSR count). The summed E-state index contributed by atoms with van der Waals surface area (Å²) in [5.74, 6) is 0. The average Bonchev–Trinajstić information content (AvgIpc) is 2.03. The van der Waals surface area contributed by atoms with Crippen LogP contribution in [-0.4, -0.2) is 20.4 Å². The lowest BCUT2D eigenvalue weighted by atomic mass is 10.2. The summed E-state index contributed by atoms with van der Waals surface area (Å²) < 4.78 is 1.08. The lowest BCUT2D eigenvalue weighted by molar-refractivity contribution is 0.112. The molecule has 0 aromatic heterocycles. The molecular formula is C9H10INO. The zero-order chi connectivity index (χ0) is 9.14. The summed E-state index contributed by atoms with van der Waals surface area (Å²) in [6.45, 7) is 0. The van der Waals surface area contributed by atoms with Crippen LogP contribution >= 0.6 is 22.6 Å². The van der Waals surface area contributed by atoms with Gasteiger partial charge in [-0.05, 0) is 40.8 Å². The van der Waals surface area contributed by atoms with E-state index in [0.717, 1.165) is 21.1 Å². The zero-order valence-electron chi connectivity index (χ0n) is 7.04. The molecule has 0 unspecified atom stereocenters. The van der Waals surface area contributed by atoms with Gasteiger partial charge in [0.2, 0.25) is 0 Å². The number of aldehydes is 1. The van der Waals surface area contributed by atoms with E-state index in [9.17, 15) is 4.79 Å². The highest BCUT2D eigenvalue weighted by molar-refractivity contribution is 14.1. The van der Waals surface area contributed by atoms with Crippen LogP contribution < -0.4 is 4.90 Å². The number of carbonyl (C=O) groups is 1. The van der Waals surface area contributed by atoms with Gasteiger partial charge in [-0.2, -0.15) is 0 Å². The van der Waals surface area contributed by atoms with E-state index in [1.807, 2.05) is 37.2 Å². The first kappa shape index (κ1) is 9.51. The number of nitrogens with zero attached hydrogens (tertiary/aromatic N) is 1. The Hall–Kier alpha value is -0.580. The summed E-state index contributed by atoms with van der Waals surface area (Å²) >= 11 is 2.19. The summed E-state index contributed by atoms with van der Waals surface area (Å²) in [5.41, 5.74) is 1.71. The van der Waals surface area contributed by atoms with Crippen molar-refractivity contribution < 1.29 is 4.79 Å². The Morgan fingerprint density at radius 3 is 2.58 bits per heavy atom. The van der Waals surface area contributed by atoms with Gasteiger partial charge in [0.05, 0.1) is 0 Å². The Kier molecular flexibility index (Phi) is 3.08. The molecule has 0 spiro atoms. The number of anilines is 1. The number of carbonyl (C=O) groups excluding carboxylic acids is 1. The highest BCUT2D eigenvalue weighted by atomic mass is 127. The maximum atomic E-state index is 10.7. The Morgan fingerprint density at radius 1 is 1.42 bits per heavy atom. The summed E-state index contributed by atoms with van der Waals surface area (Å²) in [7, 11) is 3.85. The minimum Gasteiger partial charge on any atom is -0.377 e. The van der Waals surface area contributed by atoms with Gasteiger partial charge in [0.15, 0.2) is 6.29 Å². The van der Waals surface area contributed by atoms with Crippen LogP contribution in [0.5, 0.6) is 0 Å². The third-order valence-corrected chi connectivity index (χ3v) is 2.27. The van der Waals surface area contributed by atoms with Gasteiger partial charge >= 0.3 is 0 Å². The first-order chi connectivity index (χ1) is 5.65. The van der Waals surface area contributed by atoms with Crippen molar-refractivity contribution in [1.29, 1.82) is 0 Å². The van der Waals surface area contributed by atoms with Gasteiger partial charge in [-0.25, -0.2) is 0 Å². The van der Waals surface area contributed by atoms with Crippen LogP contribution in [0.15, 0.2) is 18.2 Å². The van der Waals surface area contributed by atoms with E-state index in [1.165, 1.54) is 0 Å². The van der Waals surface area contributed by atoms with Crippen LogP contribution in [0.4, 0.5) is 5.69 Å². The quantitative estimate of drug-likeness (QED) is 0.609. The molecule has 0 bridgehead atoms. The molecule has 12 heavy (non-hydrogen) atoms. The third-order valence-electron chi connectivity index (χ3n) is 1.60. The zero-order valence-corrected chi connectivity index (χ0v) is 9.20. The molecule has 0 amide bonds. The number of halogens is 1. The van der Waals surface area contributed by atoms with E-state index in [4.69, 9.17) is 0 Å². The standard InChI is InChI=1S/C9H10INO/c1-11(2)9-4-3-8(10)5-7(9)6-12/h3-6H,1-2H3. The molecule has 0 saturated carbocycles. The number of benzene rings is 1. The molecule has 2 nitrogen and oxygen atoms in total. The largest absolute Gasteiger partial charge is 0.377 e. The molecule has 0 aliphatic rings. The monoisotopic (exact) mass is 275 g/mol. The molecule has 0 fully saturated rings. The maximum Gasteiger partial charge on any atom is 0.152 e. The molecule has 3 heteroatoms. The first-order valence-electron chi connectivity index (χ1n) is 3.57. The van der Waals surface area contributed by atoms with E-state index in [-0.39, 0.29) is 0 Å². The molecule has 0 aliphatic heterocycles. The summed E-state index contributed by atoms with van der Waals surface area (Å²) in [5, 5.41) is 0. The van der Waals surface area contributed by atoms with Crippen molar-refractivity contribution in [2.75, 3.05) is 19.0 Å². The molecule has 0 heterocycles. The maximum absolute atomic E-state index is 10.7. The Morgan fingerprint density at radius 2 is 2.08 bits per heavy atom. The molecule has 1 aromatic rings. The fourth-order valence-electron chi connectivity index (χ4n) is 1.03. The van der Waals surface area contributed by atoms with Crippen LogP contribution in [0, 0.1) is 3.57 Å². The highest BCUT2D eigenvalue weighted by Gasteiger charge is 2.02. The van der Waals surface area contributed by atoms with Gasteiger partial charge < -0.3 is 4.90 Å². The van der Waals surface area contributed by atoms with E-state index >= 15 is 0 Å². The van der Waals surface area contributed by atoms with E-state index < -0.39 is 0 Å². The molecule has 0 saturated heterocycles. The fraction of sp³-hybridized carbons (Fsp3) is 0.222. The normalized spacial score (nSPS) is 9.58. The van der Waals surface area contributed by atoms with Crippen molar-refractivity contribution in [2.45, 2.75) is 0 Å². The van der Waals surface area contributed by atoms with Gasteiger partial charge in [-0.3, -0.25) is 4.79 Å². The summed E-state index contributed by atoms with van der Waals surface area (Å²) in [6, 6.07) is 5.82. The number of rotatable bonds is 2. The summed E-state index contributed by atoms with van der Waals surface area (Å²) in [4.78, 5) is 12.6. The van der Waals surface area contributed by atoms with Crippen LogP contribution in [0.25, 0.3) is 0 Å². The van der Waals surface area contributed by atoms with Crippen molar-refractivity contribution in [3.05, 3.63) is 27.3 Å². The number of hydrogen-bond acceptors (Lipinski definition) is 2. The van der Waals surface area contributed by atoms with Crippen molar-refractivity contribution in [3.8, 4) is 0 Å². The van der Waals surface area contributed by atoms with Crippen molar-refractivity contribution in [3.63, 3.8) is 0 Å². The van der Waals surface area contributed by atoms with Crippen molar-refractivity contribution >= 4 is 34.6 Å². The molecule has 1 aromatic carbocycles. The van der Waals surface area contributed by atoms with Crippen LogP contribution in [0.3, 0.4) is 0 Å². The van der Waals surface area contributed by atoms with E-state index in [2.05, 4.69) is 22.6 Å². The highest BCUT2D eigenvalue weighted by Crippen LogP contribution is 2.19. The number of hydrogen-bond donors (Lipinski definition) is 0. The smallest absolute Gasteiger partial charge is 0.152 e. The second-order valence-corrected chi connectivity index (χ2v) is 3.96. The molecule has 0 aliphatic carbocycles. The van der Waals surface area contributed by atoms with Crippen molar-refractivity contribution in [1.82, 2.24) is 0 Å². The van der Waals surface area contributed by atoms with E-state index in [1.54, 1.807) is 0 Å². The third kappa shape index (κ3) is 1.97. The first-order valence-corrected chi connectivity index (χ1v) is 4.65. The predicted octanol–water partition coefficient (Wildman–Crippen LogP) is 2.17. The van der Waals surface area contributed by atoms with Gasteiger partial charge in [0.25, 0.3) is 0 Å². The van der Waals surface area contributed by atoms with Crippen LogP contribution in [-0.2, 0) is 0 Å². The van der Waals surface area contributed by atoms with Crippen LogP contribution in [0.2, 0.25) is 0 Å². The minimum atomic E-state index is 0.743. The van der Waals surface area contributed by atoms with Gasteiger partial charge in [-0.15, -0.1) is 0 Å². The second-order valence-electron chi connectivity index (χ2n) is 2.72. The molecule has 0 atom stereocenters. The molecular weight excluding hydrogens is 265 g/mol. The van der Waals surface area contributed by atoms with Gasteiger partial charge in [0.1, 0.15) is 0 Å². The predicted molar refractivity (Wildman–Crippen MR) is 58.9 cm³/mol. The SMILES string of the molecule is CN(C)c1ccc(I)cc1C=O. The lowest BCUT2D eigenvalue weighted by Gasteiger charge is -2.14. The summed E-state index contributed by atoms with van der Waals surface area (Å²) in [6.07, 6.45) is 0.886. The second kappa shape index (κ2) is 3.89. The van der Waals surface area contributed by atoms with Crippen molar-refractivity contribution in [2.24, 2.45) is 0 Å².